The molecule has 5 nitrogen and oxygen atoms in total. The Morgan fingerprint density at radius 2 is 1.92 bits per heavy atom. The molecule has 1 aliphatic heterocycles. The molecule has 2 aromatic carbocycles. The smallest absolute Gasteiger partial charge is 0.262 e. The fourth-order valence-corrected chi connectivity index (χ4v) is 2.73. The van der Waals surface area contributed by atoms with Crippen molar-refractivity contribution in [3.05, 3.63) is 58.1 Å². The standard InChI is InChI=1S/C17H12Cl2N2O3/c18-11-5-10(6-12(19)7-11)1-4-16(22)20-13-2-3-15-14(8-13)21-17(23)9-24-15/h1-8H,9H2,(H,20,22)(H,21,23)/b4-1-. The normalized spacial score (nSPS) is 13.2. The molecule has 0 radical (unpaired) electrons. The molecular formula is C17H12Cl2N2O3. The molecule has 0 atom stereocenters. The van der Waals surface area contributed by atoms with Crippen molar-refractivity contribution in [3.8, 4) is 5.75 Å². The predicted octanol–water partition coefficient (Wildman–Crippen LogP) is 3.98. The Bertz CT molecular complexity index is 829. The minimum Gasteiger partial charge on any atom is -0.482 e. The van der Waals surface area contributed by atoms with Crippen LogP contribution in [0.4, 0.5) is 11.4 Å². The van der Waals surface area contributed by atoms with Gasteiger partial charge >= 0.3 is 0 Å². The van der Waals surface area contributed by atoms with Crippen molar-refractivity contribution in [3.63, 3.8) is 0 Å². The van der Waals surface area contributed by atoms with Gasteiger partial charge in [-0.3, -0.25) is 9.59 Å². The zero-order valence-corrected chi connectivity index (χ0v) is 13.8. The minimum absolute atomic E-state index is 0.0103. The summed E-state index contributed by atoms with van der Waals surface area (Å²) in [6.45, 7) is -0.0103. The van der Waals surface area contributed by atoms with E-state index in [1.54, 1.807) is 42.5 Å². The SMILES string of the molecule is O=C(/C=C\c1cc(Cl)cc(Cl)c1)Nc1ccc2c(c1)NC(=O)CO2. The Kier molecular flexibility index (Phi) is 4.74. The summed E-state index contributed by atoms with van der Waals surface area (Å²) in [5, 5.41) is 6.38. The third-order valence-electron chi connectivity index (χ3n) is 3.19. The predicted molar refractivity (Wildman–Crippen MR) is 94.7 cm³/mol. The summed E-state index contributed by atoms with van der Waals surface area (Å²) in [6, 6.07) is 10.0. The Labute approximate surface area is 148 Å². The first kappa shape index (κ1) is 16.4. The van der Waals surface area contributed by atoms with E-state index in [0.717, 1.165) is 0 Å². The van der Waals surface area contributed by atoms with Crippen LogP contribution in [0, 0.1) is 0 Å². The molecule has 1 heterocycles. The van der Waals surface area contributed by atoms with Crippen molar-refractivity contribution >= 4 is 52.5 Å². The number of hydrogen-bond donors (Lipinski definition) is 2. The number of halogens is 2. The number of ether oxygens (including phenoxy) is 1. The Balaban J connectivity index is 1.69. The number of fused-ring (bicyclic) bond motifs is 1. The van der Waals surface area contributed by atoms with Crippen molar-refractivity contribution in [2.45, 2.75) is 0 Å². The minimum atomic E-state index is -0.325. The van der Waals surface area contributed by atoms with Gasteiger partial charge in [-0.25, -0.2) is 0 Å². The molecule has 0 spiro atoms. The summed E-state index contributed by atoms with van der Waals surface area (Å²) in [5.41, 5.74) is 1.78. The van der Waals surface area contributed by atoms with Gasteiger partial charge in [0.05, 0.1) is 5.69 Å². The largest absolute Gasteiger partial charge is 0.482 e. The van der Waals surface area contributed by atoms with E-state index in [0.29, 0.717) is 32.7 Å². The average Bonchev–Trinajstić information content (AvgIpc) is 2.51. The van der Waals surface area contributed by atoms with Gasteiger partial charge in [0.15, 0.2) is 6.61 Å². The number of rotatable bonds is 3. The topological polar surface area (TPSA) is 67.4 Å². The highest BCUT2D eigenvalue weighted by atomic mass is 35.5. The van der Waals surface area contributed by atoms with Crippen LogP contribution in [-0.4, -0.2) is 18.4 Å². The molecule has 0 saturated carbocycles. The lowest BCUT2D eigenvalue weighted by atomic mass is 10.2. The third kappa shape index (κ3) is 4.07. The van der Waals surface area contributed by atoms with Crippen LogP contribution in [0.3, 0.4) is 0 Å². The number of carbonyl (C=O) groups is 2. The van der Waals surface area contributed by atoms with Gasteiger partial charge < -0.3 is 15.4 Å². The molecule has 3 rings (SSSR count). The maximum Gasteiger partial charge on any atom is 0.262 e. The number of anilines is 2. The fourth-order valence-electron chi connectivity index (χ4n) is 2.19. The number of hydrogen-bond acceptors (Lipinski definition) is 3. The molecule has 2 amide bonds. The highest BCUT2D eigenvalue weighted by Crippen LogP contribution is 2.30. The van der Waals surface area contributed by atoms with Crippen molar-refractivity contribution in [1.29, 1.82) is 0 Å². The van der Waals surface area contributed by atoms with Gasteiger partial charge in [0, 0.05) is 21.8 Å². The van der Waals surface area contributed by atoms with Crippen molar-refractivity contribution in [2.75, 3.05) is 17.2 Å². The summed E-state index contributed by atoms with van der Waals surface area (Å²) in [6.07, 6.45) is 2.98. The molecule has 0 fully saturated rings. The first-order valence-corrected chi connectivity index (χ1v) is 7.77. The number of benzene rings is 2. The molecule has 0 unspecified atom stereocenters. The van der Waals surface area contributed by atoms with E-state index in [2.05, 4.69) is 10.6 Å². The third-order valence-corrected chi connectivity index (χ3v) is 3.63. The van der Waals surface area contributed by atoms with E-state index in [1.165, 1.54) is 6.08 Å². The van der Waals surface area contributed by atoms with Crippen LogP contribution in [0.2, 0.25) is 10.0 Å². The van der Waals surface area contributed by atoms with Crippen LogP contribution in [0.5, 0.6) is 5.75 Å². The first-order chi connectivity index (χ1) is 11.5. The maximum atomic E-state index is 12.0. The molecule has 24 heavy (non-hydrogen) atoms. The lowest BCUT2D eigenvalue weighted by Gasteiger charge is -2.18. The number of amides is 2. The second kappa shape index (κ2) is 6.95. The average molecular weight is 363 g/mol. The lowest BCUT2D eigenvalue weighted by molar-refractivity contribution is -0.118. The van der Waals surface area contributed by atoms with E-state index in [9.17, 15) is 9.59 Å². The van der Waals surface area contributed by atoms with Crippen LogP contribution >= 0.6 is 23.2 Å². The van der Waals surface area contributed by atoms with Gasteiger partial charge in [-0.2, -0.15) is 0 Å². The molecule has 122 valence electrons. The molecule has 2 N–H and O–H groups in total. The summed E-state index contributed by atoms with van der Waals surface area (Å²) >= 11 is 11.8. The van der Waals surface area contributed by atoms with Crippen LogP contribution < -0.4 is 15.4 Å². The Morgan fingerprint density at radius 1 is 1.17 bits per heavy atom. The highest BCUT2D eigenvalue weighted by Gasteiger charge is 2.16. The van der Waals surface area contributed by atoms with Gasteiger partial charge in [-0.1, -0.05) is 23.2 Å². The van der Waals surface area contributed by atoms with Crippen LogP contribution in [0.1, 0.15) is 5.56 Å². The fraction of sp³-hybridized carbons (Fsp3) is 0.0588. The monoisotopic (exact) mass is 362 g/mol. The molecule has 0 aromatic heterocycles. The van der Waals surface area contributed by atoms with Gasteiger partial charge in [0.2, 0.25) is 5.91 Å². The quantitative estimate of drug-likeness (QED) is 0.811. The van der Waals surface area contributed by atoms with Crippen LogP contribution in [0.25, 0.3) is 6.08 Å². The van der Waals surface area contributed by atoms with Gasteiger partial charge in [-0.15, -0.1) is 0 Å². The van der Waals surface area contributed by atoms with Crippen LogP contribution in [-0.2, 0) is 9.59 Å². The second-order valence-corrected chi connectivity index (χ2v) is 5.95. The van der Waals surface area contributed by atoms with Crippen molar-refractivity contribution in [1.82, 2.24) is 0 Å². The Hall–Kier alpha value is -2.50. The summed E-state index contributed by atoms with van der Waals surface area (Å²) in [5.74, 6) is 0.00881. The van der Waals surface area contributed by atoms with Crippen molar-refractivity contribution < 1.29 is 14.3 Å². The van der Waals surface area contributed by atoms with E-state index in [1.807, 2.05) is 0 Å². The summed E-state index contributed by atoms with van der Waals surface area (Å²) in [4.78, 5) is 23.3. The Morgan fingerprint density at radius 3 is 2.67 bits per heavy atom. The molecule has 0 aliphatic carbocycles. The summed E-state index contributed by atoms with van der Waals surface area (Å²) in [7, 11) is 0. The van der Waals surface area contributed by atoms with Crippen molar-refractivity contribution in [2.24, 2.45) is 0 Å². The highest BCUT2D eigenvalue weighted by molar-refractivity contribution is 6.34. The lowest BCUT2D eigenvalue weighted by Crippen LogP contribution is -2.25. The zero-order valence-electron chi connectivity index (χ0n) is 12.3. The molecular weight excluding hydrogens is 351 g/mol. The van der Waals surface area contributed by atoms with E-state index < -0.39 is 0 Å². The molecule has 0 bridgehead atoms. The van der Waals surface area contributed by atoms with Gasteiger partial charge in [0.1, 0.15) is 5.75 Å². The second-order valence-electron chi connectivity index (χ2n) is 5.07. The number of carbonyl (C=O) groups excluding carboxylic acids is 2. The summed E-state index contributed by atoms with van der Waals surface area (Å²) < 4.78 is 5.26. The molecule has 7 heteroatoms. The number of nitrogens with one attached hydrogen (secondary N) is 2. The van der Waals surface area contributed by atoms with E-state index >= 15 is 0 Å². The zero-order chi connectivity index (χ0) is 17.1. The maximum absolute atomic E-state index is 12.0. The van der Waals surface area contributed by atoms with E-state index in [-0.39, 0.29) is 18.4 Å². The molecule has 1 aliphatic rings. The van der Waals surface area contributed by atoms with Gasteiger partial charge in [0.25, 0.3) is 5.91 Å². The molecule has 0 saturated heterocycles. The van der Waals surface area contributed by atoms with Gasteiger partial charge in [-0.05, 0) is 48.0 Å². The first-order valence-electron chi connectivity index (χ1n) is 7.01. The molecule has 2 aromatic rings. The van der Waals surface area contributed by atoms with E-state index in [4.69, 9.17) is 27.9 Å². The van der Waals surface area contributed by atoms with Crippen LogP contribution in [0.15, 0.2) is 42.5 Å².